The van der Waals surface area contributed by atoms with Gasteiger partial charge in [-0.05, 0) is 18.6 Å². The maximum absolute atomic E-state index is 5.53. The van der Waals surface area contributed by atoms with Crippen LogP contribution in [0.4, 0.5) is 5.69 Å². The van der Waals surface area contributed by atoms with E-state index in [2.05, 4.69) is 46.4 Å². The maximum Gasteiger partial charge on any atom is 0.102 e. The number of unbranched alkanes of at least 4 members (excludes halogenated alkanes) is 1. The van der Waals surface area contributed by atoms with E-state index in [4.69, 9.17) is 5.73 Å². The van der Waals surface area contributed by atoms with Crippen LogP contribution in [0.25, 0.3) is 0 Å². The Labute approximate surface area is 120 Å². The van der Waals surface area contributed by atoms with Crippen LogP contribution in [-0.2, 0) is 13.1 Å². The summed E-state index contributed by atoms with van der Waals surface area (Å²) in [5.74, 6) is 0. The van der Waals surface area contributed by atoms with Gasteiger partial charge in [-0.15, -0.1) is 5.10 Å². The van der Waals surface area contributed by atoms with Crippen molar-refractivity contribution < 1.29 is 0 Å². The molecule has 2 N–H and O–H groups in total. The lowest BCUT2D eigenvalue weighted by Crippen LogP contribution is -2.24. The van der Waals surface area contributed by atoms with E-state index >= 15 is 0 Å². The van der Waals surface area contributed by atoms with E-state index in [9.17, 15) is 0 Å². The molecule has 0 atom stereocenters. The summed E-state index contributed by atoms with van der Waals surface area (Å²) in [6, 6.07) is 10.5. The van der Waals surface area contributed by atoms with Crippen molar-refractivity contribution >= 4 is 5.69 Å². The summed E-state index contributed by atoms with van der Waals surface area (Å²) in [7, 11) is 0. The second-order valence-corrected chi connectivity index (χ2v) is 4.87. The summed E-state index contributed by atoms with van der Waals surface area (Å²) in [6.07, 6.45) is 4.34. The van der Waals surface area contributed by atoms with Gasteiger partial charge in [-0.2, -0.15) is 0 Å². The van der Waals surface area contributed by atoms with Gasteiger partial charge in [0.25, 0.3) is 0 Å². The first-order chi connectivity index (χ1) is 9.83. The smallest absolute Gasteiger partial charge is 0.102 e. The zero-order chi connectivity index (χ0) is 14.2. The highest BCUT2D eigenvalue weighted by atomic mass is 15.4. The lowest BCUT2D eigenvalue weighted by atomic mass is 10.2. The molecule has 0 amide bonds. The molecule has 0 saturated carbocycles. The number of para-hydroxylation sites is 1. The molecular formula is C15H23N5. The monoisotopic (exact) mass is 273 g/mol. The summed E-state index contributed by atoms with van der Waals surface area (Å²) in [5, 5.41) is 8.32. The van der Waals surface area contributed by atoms with Crippen molar-refractivity contribution in [3.8, 4) is 0 Å². The third kappa shape index (κ3) is 4.06. The van der Waals surface area contributed by atoms with Crippen LogP contribution in [0.5, 0.6) is 0 Å². The standard InChI is InChI=1S/C15H23N5/c1-2-3-10-19(15-7-5-4-6-8-15)12-14-13-20(11-9-16)18-17-14/h4-8,13H,2-3,9-12,16H2,1H3. The van der Waals surface area contributed by atoms with Crippen molar-refractivity contribution in [2.24, 2.45) is 5.73 Å². The molecule has 2 rings (SSSR count). The molecule has 20 heavy (non-hydrogen) atoms. The summed E-state index contributed by atoms with van der Waals surface area (Å²) < 4.78 is 1.80. The molecule has 0 spiro atoms. The molecule has 2 aromatic rings. The van der Waals surface area contributed by atoms with E-state index < -0.39 is 0 Å². The molecule has 0 aliphatic rings. The second-order valence-electron chi connectivity index (χ2n) is 4.87. The zero-order valence-electron chi connectivity index (χ0n) is 12.1. The first-order valence-electron chi connectivity index (χ1n) is 7.22. The first kappa shape index (κ1) is 14.5. The highest BCUT2D eigenvalue weighted by Crippen LogP contribution is 2.16. The molecule has 0 aliphatic heterocycles. The highest BCUT2D eigenvalue weighted by Gasteiger charge is 2.09. The zero-order valence-corrected chi connectivity index (χ0v) is 12.1. The third-order valence-corrected chi connectivity index (χ3v) is 3.20. The fraction of sp³-hybridized carbons (Fsp3) is 0.467. The minimum atomic E-state index is 0.584. The Morgan fingerprint density at radius 1 is 1.25 bits per heavy atom. The number of nitrogens with two attached hydrogens (primary N) is 1. The number of nitrogens with zero attached hydrogens (tertiary/aromatic N) is 4. The van der Waals surface area contributed by atoms with Crippen LogP contribution in [0.3, 0.4) is 0 Å². The molecule has 0 unspecified atom stereocenters. The normalized spacial score (nSPS) is 10.7. The number of anilines is 1. The quantitative estimate of drug-likeness (QED) is 0.799. The molecule has 0 aliphatic carbocycles. The highest BCUT2D eigenvalue weighted by molar-refractivity contribution is 5.46. The Kier molecular flexibility index (Phi) is 5.55. The van der Waals surface area contributed by atoms with E-state index in [-0.39, 0.29) is 0 Å². The van der Waals surface area contributed by atoms with Gasteiger partial charge in [0.15, 0.2) is 0 Å². The van der Waals surface area contributed by atoms with Gasteiger partial charge in [-0.25, -0.2) is 0 Å². The van der Waals surface area contributed by atoms with Gasteiger partial charge in [-0.3, -0.25) is 4.68 Å². The first-order valence-corrected chi connectivity index (χ1v) is 7.22. The van der Waals surface area contributed by atoms with Crippen LogP contribution in [0.15, 0.2) is 36.5 Å². The Hall–Kier alpha value is -1.88. The number of hydrogen-bond acceptors (Lipinski definition) is 4. The fourth-order valence-corrected chi connectivity index (χ4v) is 2.14. The minimum Gasteiger partial charge on any atom is -0.365 e. The molecule has 1 aromatic carbocycles. The van der Waals surface area contributed by atoms with Gasteiger partial charge in [0, 0.05) is 18.8 Å². The van der Waals surface area contributed by atoms with E-state index in [1.165, 1.54) is 18.5 Å². The SMILES string of the molecule is CCCCN(Cc1cn(CCN)nn1)c1ccccc1. The Morgan fingerprint density at radius 2 is 2.05 bits per heavy atom. The van der Waals surface area contributed by atoms with Crippen LogP contribution in [0, 0.1) is 0 Å². The van der Waals surface area contributed by atoms with Crippen molar-refractivity contribution in [1.29, 1.82) is 0 Å². The van der Waals surface area contributed by atoms with Gasteiger partial charge in [-0.1, -0.05) is 36.8 Å². The number of hydrogen-bond donors (Lipinski definition) is 1. The molecule has 0 fully saturated rings. The summed E-state index contributed by atoms with van der Waals surface area (Å²) in [4.78, 5) is 2.35. The van der Waals surface area contributed by atoms with Gasteiger partial charge < -0.3 is 10.6 Å². The third-order valence-electron chi connectivity index (χ3n) is 3.20. The van der Waals surface area contributed by atoms with Crippen molar-refractivity contribution in [1.82, 2.24) is 15.0 Å². The molecule has 0 saturated heterocycles. The number of rotatable bonds is 8. The molecule has 5 heteroatoms. The maximum atomic E-state index is 5.53. The van der Waals surface area contributed by atoms with Crippen LogP contribution in [-0.4, -0.2) is 28.1 Å². The summed E-state index contributed by atoms with van der Waals surface area (Å²) in [6.45, 7) is 5.33. The topological polar surface area (TPSA) is 60.0 Å². The van der Waals surface area contributed by atoms with Crippen LogP contribution in [0.2, 0.25) is 0 Å². The Bertz CT molecular complexity index is 494. The van der Waals surface area contributed by atoms with Crippen molar-refractivity contribution in [3.63, 3.8) is 0 Å². The van der Waals surface area contributed by atoms with E-state index in [1.54, 1.807) is 4.68 Å². The van der Waals surface area contributed by atoms with Crippen molar-refractivity contribution in [3.05, 3.63) is 42.2 Å². The average molecular weight is 273 g/mol. The molecule has 1 heterocycles. The molecule has 0 bridgehead atoms. The fourth-order valence-electron chi connectivity index (χ4n) is 2.14. The second kappa shape index (κ2) is 7.65. The van der Waals surface area contributed by atoms with Crippen molar-refractivity contribution in [2.45, 2.75) is 32.9 Å². The predicted octanol–water partition coefficient (Wildman–Crippen LogP) is 2.04. The van der Waals surface area contributed by atoms with Gasteiger partial charge in [0.2, 0.25) is 0 Å². The minimum absolute atomic E-state index is 0.584. The molecule has 0 radical (unpaired) electrons. The van der Waals surface area contributed by atoms with Crippen molar-refractivity contribution in [2.75, 3.05) is 18.0 Å². The molecule has 5 nitrogen and oxygen atoms in total. The molecular weight excluding hydrogens is 250 g/mol. The van der Waals surface area contributed by atoms with Gasteiger partial charge in [0.1, 0.15) is 5.69 Å². The van der Waals surface area contributed by atoms with Crippen LogP contribution in [0.1, 0.15) is 25.5 Å². The van der Waals surface area contributed by atoms with E-state index in [1.807, 2.05) is 12.3 Å². The number of aromatic nitrogens is 3. The van der Waals surface area contributed by atoms with E-state index in [0.717, 1.165) is 18.8 Å². The molecule has 1 aromatic heterocycles. The molecule has 108 valence electrons. The van der Waals surface area contributed by atoms with E-state index in [0.29, 0.717) is 13.1 Å². The van der Waals surface area contributed by atoms with Gasteiger partial charge in [0.05, 0.1) is 19.3 Å². The summed E-state index contributed by atoms with van der Waals surface area (Å²) in [5.41, 5.74) is 7.74. The average Bonchev–Trinajstić information content (AvgIpc) is 2.92. The van der Waals surface area contributed by atoms with Crippen LogP contribution < -0.4 is 10.6 Å². The number of benzene rings is 1. The van der Waals surface area contributed by atoms with Crippen LogP contribution >= 0.6 is 0 Å². The Morgan fingerprint density at radius 3 is 2.75 bits per heavy atom. The largest absolute Gasteiger partial charge is 0.365 e. The Balaban J connectivity index is 2.06. The van der Waals surface area contributed by atoms with Gasteiger partial charge >= 0.3 is 0 Å². The summed E-state index contributed by atoms with van der Waals surface area (Å²) >= 11 is 0. The predicted molar refractivity (Wildman–Crippen MR) is 81.5 cm³/mol. The lowest BCUT2D eigenvalue weighted by molar-refractivity contribution is 0.598. The lowest BCUT2D eigenvalue weighted by Gasteiger charge is -2.23.